The van der Waals surface area contributed by atoms with Crippen molar-refractivity contribution >= 4 is 0 Å². The van der Waals surface area contributed by atoms with Crippen LogP contribution < -0.4 is 10.1 Å². The Morgan fingerprint density at radius 3 is 2.27 bits per heavy atom. The standard InChI is InChI=1S/C13H21NO/c1-13(2,14-3)10-9-11-5-7-12(15-4)8-6-11/h5-8,14H,9-10H2,1-4H3. The number of methoxy groups -OCH3 is 1. The number of benzene rings is 1. The van der Waals surface area contributed by atoms with Crippen LogP contribution in [0, 0.1) is 0 Å². The number of rotatable bonds is 5. The van der Waals surface area contributed by atoms with Crippen LogP contribution in [0.15, 0.2) is 24.3 Å². The molecule has 0 saturated carbocycles. The third kappa shape index (κ3) is 3.92. The molecule has 0 heterocycles. The highest BCUT2D eigenvalue weighted by atomic mass is 16.5. The van der Waals surface area contributed by atoms with Crippen LogP contribution in [0.1, 0.15) is 25.8 Å². The fraction of sp³-hybridized carbons (Fsp3) is 0.538. The van der Waals surface area contributed by atoms with Crippen molar-refractivity contribution in [3.63, 3.8) is 0 Å². The molecule has 0 aliphatic carbocycles. The minimum absolute atomic E-state index is 0.208. The molecule has 1 rings (SSSR count). The van der Waals surface area contributed by atoms with E-state index in [-0.39, 0.29) is 5.54 Å². The molecule has 0 bridgehead atoms. The van der Waals surface area contributed by atoms with Gasteiger partial charge >= 0.3 is 0 Å². The molecule has 1 aromatic carbocycles. The molecule has 2 nitrogen and oxygen atoms in total. The molecule has 0 amide bonds. The van der Waals surface area contributed by atoms with Gasteiger partial charge in [-0.1, -0.05) is 12.1 Å². The summed E-state index contributed by atoms with van der Waals surface area (Å²) in [5.41, 5.74) is 1.57. The van der Waals surface area contributed by atoms with Crippen molar-refractivity contribution < 1.29 is 4.74 Å². The summed E-state index contributed by atoms with van der Waals surface area (Å²) in [5.74, 6) is 0.923. The molecule has 0 fully saturated rings. The second-order valence-electron chi connectivity index (χ2n) is 4.48. The van der Waals surface area contributed by atoms with E-state index < -0.39 is 0 Å². The van der Waals surface area contributed by atoms with Gasteiger partial charge in [0.25, 0.3) is 0 Å². The molecular formula is C13H21NO. The molecule has 0 unspecified atom stereocenters. The summed E-state index contributed by atoms with van der Waals surface area (Å²) in [6.45, 7) is 4.44. The average molecular weight is 207 g/mol. The van der Waals surface area contributed by atoms with Gasteiger partial charge in [-0.2, -0.15) is 0 Å². The number of hydrogen-bond donors (Lipinski definition) is 1. The maximum atomic E-state index is 5.12. The fourth-order valence-electron chi connectivity index (χ4n) is 1.37. The average Bonchev–Trinajstić information content (AvgIpc) is 2.27. The minimum atomic E-state index is 0.208. The summed E-state index contributed by atoms with van der Waals surface area (Å²) in [6, 6.07) is 8.29. The van der Waals surface area contributed by atoms with Crippen molar-refractivity contribution in [1.82, 2.24) is 5.32 Å². The largest absolute Gasteiger partial charge is 0.497 e. The Labute approximate surface area is 92.6 Å². The summed E-state index contributed by atoms with van der Waals surface area (Å²) in [6.07, 6.45) is 2.23. The van der Waals surface area contributed by atoms with Gasteiger partial charge in [0.05, 0.1) is 7.11 Å². The zero-order chi connectivity index (χ0) is 11.3. The summed E-state index contributed by atoms with van der Waals surface area (Å²) in [5, 5.41) is 3.31. The molecule has 0 aliphatic rings. The van der Waals surface area contributed by atoms with E-state index in [4.69, 9.17) is 4.74 Å². The Kier molecular flexibility index (Phi) is 4.15. The first-order valence-corrected chi connectivity index (χ1v) is 5.39. The van der Waals surface area contributed by atoms with Gasteiger partial charge in [0, 0.05) is 5.54 Å². The van der Waals surface area contributed by atoms with Crippen molar-refractivity contribution in [2.24, 2.45) is 0 Å². The molecule has 0 atom stereocenters. The van der Waals surface area contributed by atoms with Crippen molar-refractivity contribution in [1.29, 1.82) is 0 Å². The normalized spacial score (nSPS) is 11.5. The van der Waals surface area contributed by atoms with Gasteiger partial charge in [-0.3, -0.25) is 0 Å². The summed E-state index contributed by atoms with van der Waals surface area (Å²) in [7, 11) is 3.70. The zero-order valence-electron chi connectivity index (χ0n) is 10.1. The van der Waals surface area contributed by atoms with E-state index in [2.05, 4.69) is 31.3 Å². The van der Waals surface area contributed by atoms with E-state index in [0.717, 1.165) is 18.6 Å². The lowest BCUT2D eigenvalue weighted by atomic mass is 9.95. The van der Waals surface area contributed by atoms with Crippen molar-refractivity contribution in [3.05, 3.63) is 29.8 Å². The first-order chi connectivity index (χ1) is 7.07. The number of aryl methyl sites for hydroxylation is 1. The summed E-state index contributed by atoms with van der Waals surface area (Å²) < 4.78 is 5.12. The SMILES string of the molecule is CNC(C)(C)CCc1ccc(OC)cc1. The highest BCUT2D eigenvalue weighted by Crippen LogP contribution is 2.16. The van der Waals surface area contributed by atoms with E-state index in [1.54, 1.807) is 7.11 Å². The molecule has 15 heavy (non-hydrogen) atoms. The second-order valence-corrected chi connectivity index (χ2v) is 4.48. The fourth-order valence-corrected chi connectivity index (χ4v) is 1.37. The highest BCUT2D eigenvalue weighted by Gasteiger charge is 2.13. The van der Waals surface area contributed by atoms with Crippen molar-refractivity contribution in [3.8, 4) is 5.75 Å². The Hall–Kier alpha value is -1.02. The molecule has 1 aromatic rings. The van der Waals surface area contributed by atoms with Crippen LogP contribution in [0.5, 0.6) is 5.75 Å². The Morgan fingerprint density at radius 1 is 1.20 bits per heavy atom. The third-order valence-electron chi connectivity index (χ3n) is 2.87. The lowest BCUT2D eigenvalue weighted by Gasteiger charge is -2.23. The molecule has 0 spiro atoms. The maximum Gasteiger partial charge on any atom is 0.118 e. The van der Waals surface area contributed by atoms with Crippen LogP contribution in [0.4, 0.5) is 0 Å². The number of ether oxygens (including phenoxy) is 1. The van der Waals surface area contributed by atoms with Crippen molar-refractivity contribution in [2.75, 3.05) is 14.2 Å². The first-order valence-electron chi connectivity index (χ1n) is 5.39. The van der Waals surface area contributed by atoms with Gasteiger partial charge in [0.1, 0.15) is 5.75 Å². The minimum Gasteiger partial charge on any atom is -0.497 e. The topological polar surface area (TPSA) is 21.3 Å². The van der Waals surface area contributed by atoms with Crippen LogP contribution >= 0.6 is 0 Å². The highest BCUT2D eigenvalue weighted by molar-refractivity contribution is 5.27. The molecule has 84 valence electrons. The number of hydrogen-bond acceptors (Lipinski definition) is 2. The van der Waals surface area contributed by atoms with E-state index in [9.17, 15) is 0 Å². The Bertz CT molecular complexity index is 290. The van der Waals surface area contributed by atoms with Gasteiger partial charge < -0.3 is 10.1 Å². The van der Waals surface area contributed by atoms with Gasteiger partial charge in [-0.05, 0) is 51.4 Å². The van der Waals surface area contributed by atoms with Crippen LogP contribution in [-0.4, -0.2) is 19.7 Å². The van der Waals surface area contributed by atoms with Crippen LogP contribution in [0.25, 0.3) is 0 Å². The van der Waals surface area contributed by atoms with Gasteiger partial charge in [0.2, 0.25) is 0 Å². The predicted octanol–water partition coefficient (Wildman–Crippen LogP) is 2.63. The maximum absolute atomic E-state index is 5.12. The summed E-state index contributed by atoms with van der Waals surface area (Å²) >= 11 is 0. The molecule has 0 aromatic heterocycles. The van der Waals surface area contributed by atoms with Crippen molar-refractivity contribution in [2.45, 2.75) is 32.2 Å². The van der Waals surface area contributed by atoms with E-state index in [1.165, 1.54) is 5.56 Å². The first kappa shape index (κ1) is 12.1. The predicted molar refractivity (Wildman–Crippen MR) is 64.5 cm³/mol. The molecule has 0 aliphatic heterocycles. The van der Waals surface area contributed by atoms with Gasteiger partial charge in [-0.25, -0.2) is 0 Å². The van der Waals surface area contributed by atoms with Gasteiger partial charge in [-0.15, -0.1) is 0 Å². The molecule has 0 radical (unpaired) electrons. The smallest absolute Gasteiger partial charge is 0.118 e. The Morgan fingerprint density at radius 2 is 1.80 bits per heavy atom. The number of nitrogens with one attached hydrogen (secondary N) is 1. The lowest BCUT2D eigenvalue weighted by Crippen LogP contribution is -2.36. The molecule has 0 saturated heterocycles. The van der Waals surface area contributed by atoms with E-state index in [1.807, 2.05) is 19.2 Å². The monoisotopic (exact) mass is 207 g/mol. The van der Waals surface area contributed by atoms with Crippen LogP contribution in [0.3, 0.4) is 0 Å². The third-order valence-corrected chi connectivity index (χ3v) is 2.87. The quantitative estimate of drug-likeness (QED) is 0.801. The van der Waals surface area contributed by atoms with Gasteiger partial charge in [0.15, 0.2) is 0 Å². The second kappa shape index (κ2) is 5.17. The zero-order valence-corrected chi connectivity index (χ0v) is 10.1. The van der Waals surface area contributed by atoms with Crippen LogP contribution in [-0.2, 0) is 6.42 Å². The summed E-state index contributed by atoms with van der Waals surface area (Å²) in [4.78, 5) is 0. The Balaban J connectivity index is 2.51. The molecule has 2 heteroatoms. The molecule has 1 N–H and O–H groups in total. The van der Waals surface area contributed by atoms with E-state index in [0.29, 0.717) is 0 Å². The van der Waals surface area contributed by atoms with E-state index >= 15 is 0 Å². The lowest BCUT2D eigenvalue weighted by molar-refractivity contribution is 0.393. The van der Waals surface area contributed by atoms with Crippen LogP contribution in [0.2, 0.25) is 0 Å². The molecular weight excluding hydrogens is 186 g/mol.